The fourth-order valence-corrected chi connectivity index (χ4v) is 7.67. The van der Waals surface area contributed by atoms with Crippen molar-refractivity contribution in [3.8, 4) is 0 Å². The summed E-state index contributed by atoms with van der Waals surface area (Å²) in [5, 5.41) is 64.7. The summed E-state index contributed by atoms with van der Waals surface area (Å²) >= 11 is 0. The number of aliphatic hydroxyl groups is 6. The molecule has 0 aromatic heterocycles. The fourth-order valence-electron chi connectivity index (χ4n) is 7.67. The van der Waals surface area contributed by atoms with Gasteiger partial charge in [-0.05, 0) is 25.2 Å². The third kappa shape index (κ3) is 27.4. The molecule has 0 radical (unpaired) electrons. The molecule has 1 amide bonds. The van der Waals surface area contributed by atoms with Gasteiger partial charge in [-0.2, -0.15) is 0 Å². The van der Waals surface area contributed by atoms with E-state index in [0.717, 1.165) is 50.9 Å². The van der Waals surface area contributed by atoms with Gasteiger partial charge in [-0.1, -0.05) is 206 Å². The second-order valence-electron chi connectivity index (χ2n) is 17.3. The quantitative estimate of drug-likeness (QED) is 0.0237. The number of rotatable bonds is 39. The first-order valence-corrected chi connectivity index (χ1v) is 23.9. The Labute approximate surface area is 349 Å². The Hall–Kier alpha value is -1.11. The second-order valence-corrected chi connectivity index (χ2v) is 17.3. The van der Waals surface area contributed by atoms with E-state index in [-0.39, 0.29) is 6.61 Å². The largest absolute Gasteiger partial charge is 0.394 e. The van der Waals surface area contributed by atoms with Crippen molar-refractivity contribution in [1.82, 2.24) is 5.32 Å². The Morgan fingerprint density at radius 3 is 1.58 bits per heavy atom. The van der Waals surface area contributed by atoms with Crippen LogP contribution in [0.25, 0.3) is 0 Å². The lowest BCUT2D eigenvalue weighted by Gasteiger charge is -2.40. The van der Waals surface area contributed by atoms with Crippen molar-refractivity contribution in [2.45, 2.75) is 262 Å². The molecule has 57 heavy (non-hydrogen) atoms. The molecule has 1 aliphatic rings. The lowest BCUT2D eigenvalue weighted by Crippen LogP contribution is -2.60. The van der Waals surface area contributed by atoms with Crippen molar-refractivity contribution in [3.05, 3.63) is 12.2 Å². The molecule has 1 fully saturated rings. The number of unbranched alkanes of at least 4 members (excludes halogenated alkanes) is 25. The van der Waals surface area contributed by atoms with Gasteiger partial charge in [-0.25, -0.2) is 0 Å². The summed E-state index contributed by atoms with van der Waals surface area (Å²) in [4.78, 5) is 13.0. The summed E-state index contributed by atoms with van der Waals surface area (Å²) in [7, 11) is 0. The normalized spacial score (nSPS) is 22.2. The molecule has 1 heterocycles. The minimum absolute atomic E-state index is 0.302. The van der Waals surface area contributed by atoms with E-state index in [2.05, 4.69) is 26.1 Å². The number of hydrogen-bond donors (Lipinski definition) is 7. The molecule has 1 saturated heterocycles. The predicted octanol–water partition coefficient (Wildman–Crippen LogP) is 8.94. The van der Waals surface area contributed by atoms with Crippen LogP contribution >= 0.6 is 0 Å². The van der Waals surface area contributed by atoms with Crippen LogP contribution in [0.5, 0.6) is 0 Å². The van der Waals surface area contributed by atoms with E-state index in [0.29, 0.717) is 6.42 Å². The summed E-state index contributed by atoms with van der Waals surface area (Å²) in [6.45, 7) is 5.96. The third-order valence-corrected chi connectivity index (χ3v) is 12.0. The lowest BCUT2D eigenvalue weighted by molar-refractivity contribution is -0.302. The Bertz CT molecular complexity index is 937. The van der Waals surface area contributed by atoms with Crippen molar-refractivity contribution in [2.24, 2.45) is 5.92 Å². The first-order chi connectivity index (χ1) is 27.7. The van der Waals surface area contributed by atoms with Crippen LogP contribution in [0.15, 0.2) is 12.2 Å². The van der Waals surface area contributed by atoms with Gasteiger partial charge >= 0.3 is 0 Å². The smallest absolute Gasteiger partial charge is 0.249 e. The summed E-state index contributed by atoms with van der Waals surface area (Å²) in [6.07, 6.45) is 30.1. The number of carbonyl (C=O) groups is 1. The summed E-state index contributed by atoms with van der Waals surface area (Å²) in [5.41, 5.74) is 0. The van der Waals surface area contributed by atoms with E-state index < -0.39 is 61.5 Å². The molecule has 0 aromatic carbocycles. The molecule has 10 nitrogen and oxygen atoms in total. The Morgan fingerprint density at radius 1 is 0.649 bits per heavy atom. The van der Waals surface area contributed by atoms with Gasteiger partial charge in [0.25, 0.3) is 0 Å². The van der Waals surface area contributed by atoms with E-state index in [1.165, 1.54) is 141 Å². The van der Waals surface area contributed by atoms with Crippen LogP contribution in [-0.4, -0.2) is 98.7 Å². The van der Waals surface area contributed by atoms with Gasteiger partial charge in [0.2, 0.25) is 5.91 Å². The van der Waals surface area contributed by atoms with Crippen LogP contribution in [0.2, 0.25) is 0 Å². The molecule has 0 spiro atoms. The maximum Gasteiger partial charge on any atom is 0.249 e. The van der Waals surface area contributed by atoms with Crippen LogP contribution in [0.4, 0.5) is 0 Å². The van der Waals surface area contributed by atoms with Gasteiger partial charge in [0.05, 0.1) is 25.4 Å². The van der Waals surface area contributed by atoms with Crippen LogP contribution in [0.1, 0.15) is 213 Å². The van der Waals surface area contributed by atoms with Crippen LogP contribution in [-0.2, 0) is 14.3 Å². The Balaban J connectivity index is 2.39. The molecular formula is C47H91NO9. The number of nitrogens with one attached hydrogen (secondary N) is 1. The topological polar surface area (TPSA) is 169 Å². The van der Waals surface area contributed by atoms with E-state index in [1.54, 1.807) is 6.08 Å². The number of ether oxygens (including phenoxy) is 2. The standard InChI is InChI=1S/C47H91NO9/c1-4-6-7-8-9-10-11-12-13-14-15-16-17-18-23-26-29-32-35-41(51)46(55)48-39(37-56-47-45(54)44(53)43(52)42(36-49)57-47)40(50)34-31-28-25-22-20-19-21-24-27-30-33-38(3)5-2/h31,34,38-45,47,49-54H,4-30,32-33,35-37H2,1-3H3,(H,48,55). The van der Waals surface area contributed by atoms with Gasteiger partial charge < -0.3 is 45.4 Å². The molecule has 7 N–H and O–H groups in total. The van der Waals surface area contributed by atoms with Gasteiger partial charge in [0.1, 0.15) is 30.5 Å². The summed E-state index contributed by atoms with van der Waals surface area (Å²) in [5.74, 6) is 0.217. The SMILES string of the molecule is CCCCCCCCCCCCCCCCCCCCC(O)C(=O)NC(COC1OC(CO)C(O)C(O)C1O)C(O)C=CCCCCCCCCCCC(C)CC. The first-order valence-electron chi connectivity index (χ1n) is 23.9. The molecule has 9 unspecified atom stereocenters. The van der Waals surface area contributed by atoms with Crippen molar-refractivity contribution in [2.75, 3.05) is 13.2 Å². The van der Waals surface area contributed by atoms with Gasteiger partial charge in [0, 0.05) is 0 Å². The molecule has 0 aliphatic carbocycles. The molecule has 0 bridgehead atoms. The summed E-state index contributed by atoms with van der Waals surface area (Å²) in [6, 6.07) is -0.976. The number of aliphatic hydroxyl groups excluding tert-OH is 6. The highest BCUT2D eigenvalue weighted by Crippen LogP contribution is 2.23. The van der Waals surface area contributed by atoms with Crippen LogP contribution in [0.3, 0.4) is 0 Å². The average molecular weight is 814 g/mol. The molecule has 10 heteroatoms. The molecule has 1 rings (SSSR count). The van der Waals surface area contributed by atoms with E-state index in [1.807, 2.05) is 6.08 Å². The van der Waals surface area contributed by atoms with Crippen molar-refractivity contribution in [1.29, 1.82) is 0 Å². The molecule has 1 aliphatic heterocycles. The van der Waals surface area contributed by atoms with E-state index in [4.69, 9.17) is 9.47 Å². The Kier molecular flexibility index (Phi) is 34.7. The highest BCUT2D eigenvalue weighted by atomic mass is 16.7. The van der Waals surface area contributed by atoms with Crippen LogP contribution < -0.4 is 5.32 Å². The lowest BCUT2D eigenvalue weighted by atomic mass is 9.99. The predicted molar refractivity (Wildman–Crippen MR) is 232 cm³/mol. The van der Waals surface area contributed by atoms with E-state index in [9.17, 15) is 35.4 Å². The van der Waals surface area contributed by atoms with Gasteiger partial charge in [0.15, 0.2) is 6.29 Å². The molecular weight excluding hydrogens is 723 g/mol. The number of amides is 1. The number of carbonyl (C=O) groups excluding carboxylic acids is 1. The molecule has 338 valence electrons. The second kappa shape index (κ2) is 36.7. The number of allylic oxidation sites excluding steroid dienone is 1. The van der Waals surface area contributed by atoms with Crippen LogP contribution in [0, 0.1) is 5.92 Å². The monoisotopic (exact) mass is 814 g/mol. The van der Waals surface area contributed by atoms with E-state index >= 15 is 0 Å². The fraction of sp³-hybridized carbons (Fsp3) is 0.936. The average Bonchev–Trinajstić information content (AvgIpc) is 3.21. The highest BCUT2D eigenvalue weighted by Gasteiger charge is 2.44. The highest BCUT2D eigenvalue weighted by molar-refractivity contribution is 5.80. The first kappa shape index (κ1) is 53.9. The van der Waals surface area contributed by atoms with Crippen molar-refractivity contribution < 1.29 is 44.9 Å². The molecule has 0 aromatic rings. The summed E-state index contributed by atoms with van der Waals surface area (Å²) < 4.78 is 11.1. The maximum absolute atomic E-state index is 13.0. The molecule has 9 atom stereocenters. The van der Waals surface area contributed by atoms with Crippen molar-refractivity contribution in [3.63, 3.8) is 0 Å². The maximum atomic E-state index is 13.0. The minimum atomic E-state index is -1.61. The zero-order valence-electron chi connectivity index (χ0n) is 36.9. The van der Waals surface area contributed by atoms with Gasteiger partial charge in [-0.15, -0.1) is 0 Å². The number of hydrogen-bond acceptors (Lipinski definition) is 9. The third-order valence-electron chi connectivity index (χ3n) is 12.0. The zero-order valence-corrected chi connectivity index (χ0v) is 36.9. The molecule has 0 saturated carbocycles. The van der Waals surface area contributed by atoms with Gasteiger partial charge in [-0.3, -0.25) is 4.79 Å². The minimum Gasteiger partial charge on any atom is -0.394 e. The van der Waals surface area contributed by atoms with Crippen molar-refractivity contribution >= 4 is 5.91 Å². The Morgan fingerprint density at radius 2 is 1.11 bits per heavy atom. The zero-order chi connectivity index (χ0) is 41.9.